The quantitative estimate of drug-likeness (QED) is 0.455. The maximum Gasteiger partial charge on any atom is 0.254 e. The smallest absolute Gasteiger partial charge is 0.254 e. The molecule has 4 rings (SSSR count). The number of carbonyl (C=O) groups excluding carboxylic acids is 1. The van der Waals surface area contributed by atoms with Gasteiger partial charge in [-0.2, -0.15) is 5.10 Å². The van der Waals surface area contributed by atoms with Crippen LogP contribution in [0.1, 0.15) is 26.7 Å². The van der Waals surface area contributed by atoms with Gasteiger partial charge in [0.1, 0.15) is 5.76 Å². The molecule has 0 aromatic carbocycles. The van der Waals surface area contributed by atoms with Gasteiger partial charge in [0.15, 0.2) is 10.3 Å². The van der Waals surface area contributed by atoms with Gasteiger partial charge in [0.2, 0.25) is 0 Å². The van der Waals surface area contributed by atoms with Crippen LogP contribution in [-0.2, 0) is 13.1 Å². The summed E-state index contributed by atoms with van der Waals surface area (Å²) in [5, 5.41) is 7.26. The minimum atomic E-state index is -0.0892. The van der Waals surface area contributed by atoms with Gasteiger partial charge in [0.25, 0.3) is 5.91 Å². The summed E-state index contributed by atoms with van der Waals surface area (Å²) in [4.78, 5) is 20.5. The first-order valence-electron chi connectivity index (χ1n) is 8.36. The Morgan fingerprint density at radius 2 is 2.22 bits per heavy atom. The van der Waals surface area contributed by atoms with E-state index in [1.54, 1.807) is 29.5 Å². The maximum absolute atomic E-state index is 13.1. The fraction of sp³-hybridized carbons (Fsp3) is 0.211. The molecular formula is C19H17BrN4O2S. The highest BCUT2D eigenvalue weighted by Crippen LogP contribution is 2.23. The van der Waals surface area contributed by atoms with Crippen molar-refractivity contribution in [3.05, 3.63) is 68.5 Å². The lowest BCUT2D eigenvalue weighted by Gasteiger charge is -2.16. The van der Waals surface area contributed by atoms with Gasteiger partial charge in [-0.05, 0) is 52.5 Å². The molecule has 138 valence electrons. The fourth-order valence-corrected chi connectivity index (χ4v) is 3.99. The number of halogens is 1. The van der Waals surface area contributed by atoms with Crippen LogP contribution in [0.25, 0.3) is 11.0 Å². The van der Waals surface area contributed by atoms with Crippen LogP contribution in [-0.4, -0.2) is 32.6 Å². The Labute approximate surface area is 168 Å². The third-order valence-electron chi connectivity index (χ3n) is 4.22. The average molecular weight is 445 g/mol. The van der Waals surface area contributed by atoms with Gasteiger partial charge in [-0.15, -0.1) is 11.3 Å². The number of hydrogen-bond acceptors (Lipinski definition) is 5. The van der Waals surface area contributed by atoms with E-state index in [2.05, 4.69) is 32.1 Å². The number of pyridine rings is 1. The third-order valence-corrected chi connectivity index (χ3v) is 5.51. The number of carbonyl (C=O) groups is 1. The van der Waals surface area contributed by atoms with Crippen LogP contribution >= 0.6 is 27.3 Å². The Bertz CT molecular complexity index is 1100. The van der Waals surface area contributed by atoms with Crippen molar-refractivity contribution >= 4 is 44.2 Å². The highest BCUT2D eigenvalue weighted by Gasteiger charge is 2.20. The van der Waals surface area contributed by atoms with E-state index in [4.69, 9.17) is 4.42 Å². The Morgan fingerprint density at radius 1 is 1.37 bits per heavy atom. The Hall–Kier alpha value is -2.45. The number of amides is 1. The lowest BCUT2D eigenvalue weighted by atomic mass is 10.1. The van der Waals surface area contributed by atoms with Crippen LogP contribution in [0.15, 0.2) is 51.0 Å². The second-order valence-corrected chi connectivity index (χ2v) is 8.11. The minimum Gasteiger partial charge on any atom is -0.452 e. The van der Waals surface area contributed by atoms with Crippen LogP contribution in [0.5, 0.6) is 0 Å². The largest absolute Gasteiger partial charge is 0.452 e. The molecule has 0 fully saturated rings. The molecule has 6 nitrogen and oxygen atoms in total. The van der Waals surface area contributed by atoms with Crippen LogP contribution in [0, 0.1) is 6.92 Å². The van der Waals surface area contributed by atoms with Crippen molar-refractivity contribution in [1.29, 1.82) is 0 Å². The van der Waals surface area contributed by atoms with E-state index in [0.717, 1.165) is 16.7 Å². The number of furan rings is 1. The lowest BCUT2D eigenvalue weighted by Crippen LogP contribution is -2.26. The molecule has 0 radical (unpaired) electrons. The average Bonchev–Trinajstić information content (AvgIpc) is 3.37. The maximum atomic E-state index is 13.1. The second kappa shape index (κ2) is 7.28. The van der Waals surface area contributed by atoms with Crippen LogP contribution < -0.4 is 0 Å². The highest BCUT2D eigenvalue weighted by molar-refractivity contribution is 9.10. The molecule has 27 heavy (non-hydrogen) atoms. The molecular weight excluding hydrogens is 428 g/mol. The van der Waals surface area contributed by atoms with Gasteiger partial charge >= 0.3 is 0 Å². The molecule has 0 spiro atoms. The van der Waals surface area contributed by atoms with Crippen molar-refractivity contribution in [2.24, 2.45) is 0 Å². The summed E-state index contributed by atoms with van der Waals surface area (Å²) >= 11 is 4.96. The van der Waals surface area contributed by atoms with Gasteiger partial charge in [0, 0.05) is 17.6 Å². The molecule has 1 amide bonds. The van der Waals surface area contributed by atoms with Crippen molar-refractivity contribution in [2.75, 3.05) is 7.05 Å². The molecule has 4 aromatic rings. The summed E-state index contributed by atoms with van der Waals surface area (Å²) in [6.45, 7) is 2.92. The Balaban J connectivity index is 1.66. The topological polar surface area (TPSA) is 64.2 Å². The van der Waals surface area contributed by atoms with Crippen LogP contribution in [0.3, 0.4) is 0 Å². The van der Waals surface area contributed by atoms with E-state index in [9.17, 15) is 4.79 Å². The molecule has 0 unspecified atom stereocenters. The zero-order valence-electron chi connectivity index (χ0n) is 14.8. The standard InChI is InChI=1S/C19H17BrN4O2S/c1-12-8-15(19(25)23(2)10-13-5-6-17(20)26-13)16-9-21-24(18(16)22-12)11-14-4-3-7-27-14/h3-9H,10-11H2,1-2H3. The van der Waals surface area contributed by atoms with Crippen LogP contribution in [0.2, 0.25) is 0 Å². The normalized spacial score (nSPS) is 11.2. The molecule has 0 aliphatic carbocycles. The minimum absolute atomic E-state index is 0.0892. The predicted molar refractivity (Wildman–Crippen MR) is 108 cm³/mol. The monoisotopic (exact) mass is 444 g/mol. The molecule has 0 aliphatic heterocycles. The van der Waals surface area contributed by atoms with Crippen LogP contribution in [0.4, 0.5) is 0 Å². The Morgan fingerprint density at radius 3 is 2.93 bits per heavy atom. The summed E-state index contributed by atoms with van der Waals surface area (Å²) in [5.41, 5.74) is 2.11. The summed E-state index contributed by atoms with van der Waals surface area (Å²) in [7, 11) is 1.76. The number of fused-ring (bicyclic) bond motifs is 1. The van der Waals surface area contributed by atoms with E-state index >= 15 is 0 Å². The molecule has 8 heteroatoms. The number of aromatic nitrogens is 3. The SMILES string of the molecule is Cc1cc(C(=O)N(C)Cc2ccc(Br)o2)c2cnn(Cc3cccs3)c2n1. The van der Waals surface area contributed by atoms with Crippen molar-refractivity contribution in [3.8, 4) is 0 Å². The second-order valence-electron chi connectivity index (χ2n) is 6.30. The number of rotatable bonds is 5. The van der Waals surface area contributed by atoms with Gasteiger partial charge in [0.05, 0.1) is 30.2 Å². The highest BCUT2D eigenvalue weighted by atomic mass is 79.9. The van der Waals surface area contributed by atoms with Gasteiger partial charge < -0.3 is 9.32 Å². The molecule has 4 aromatic heterocycles. The zero-order chi connectivity index (χ0) is 19.0. The zero-order valence-corrected chi connectivity index (χ0v) is 17.2. The lowest BCUT2D eigenvalue weighted by molar-refractivity contribution is 0.0777. The molecule has 4 heterocycles. The summed E-state index contributed by atoms with van der Waals surface area (Å²) < 4.78 is 8.00. The van der Waals surface area contributed by atoms with E-state index in [1.165, 1.54) is 4.88 Å². The van der Waals surface area contributed by atoms with Gasteiger partial charge in [-0.3, -0.25) is 4.79 Å². The number of aryl methyl sites for hydroxylation is 1. The van der Waals surface area contributed by atoms with Crippen molar-refractivity contribution in [3.63, 3.8) is 0 Å². The molecule has 0 atom stereocenters. The molecule has 0 N–H and O–H groups in total. The van der Waals surface area contributed by atoms with E-state index in [-0.39, 0.29) is 5.91 Å². The first-order valence-corrected chi connectivity index (χ1v) is 10.0. The van der Waals surface area contributed by atoms with Crippen molar-refractivity contribution < 1.29 is 9.21 Å². The van der Waals surface area contributed by atoms with E-state index in [0.29, 0.717) is 29.1 Å². The summed E-state index contributed by atoms with van der Waals surface area (Å²) in [5.74, 6) is 0.627. The summed E-state index contributed by atoms with van der Waals surface area (Å²) in [6, 6.07) is 9.56. The number of nitrogens with zero attached hydrogens (tertiary/aromatic N) is 4. The van der Waals surface area contributed by atoms with Crippen molar-refractivity contribution in [2.45, 2.75) is 20.0 Å². The fourth-order valence-electron chi connectivity index (χ4n) is 2.96. The molecule has 0 bridgehead atoms. The predicted octanol–water partition coefficient (Wildman–Crippen LogP) is 4.48. The first-order chi connectivity index (χ1) is 13.0. The molecule has 0 saturated heterocycles. The van der Waals surface area contributed by atoms with E-state index < -0.39 is 0 Å². The number of thiophene rings is 1. The Kier molecular flexibility index (Phi) is 4.84. The molecule has 0 aliphatic rings. The van der Waals surface area contributed by atoms with Gasteiger partial charge in [-0.25, -0.2) is 9.67 Å². The molecule has 0 saturated carbocycles. The van der Waals surface area contributed by atoms with Gasteiger partial charge in [-0.1, -0.05) is 6.07 Å². The summed E-state index contributed by atoms with van der Waals surface area (Å²) in [6.07, 6.45) is 1.72. The first kappa shape index (κ1) is 17.9. The van der Waals surface area contributed by atoms with Crippen molar-refractivity contribution in [1.82, 2.24) is 19.7 Å². The third kappa shape index (κ3) is 3.68. The van der Waals surface area contributed by atoms with E-state index in [1.807, 2.05) is 41.3 Å². The number of hydrogen-bond donors (Lipinski definition) is 0.